The summed E-state index contributed by atoms with van der Waals surface area (Å²) in [5.41, 5.74) is 1.02. The standard InChI is InChI=1S/C11H16N4S/c1-7-9(16-8(2)13-7)10-14-12-6-15(10)11(3,4)5/h6H,1-5H3. The van der Waals surface area contributed by atoms with E-state index in [1.165, 1.54) is 0 Å². The molecule has 0 atom stereocenters. The van der Waals surface area contributed by atoms with Gasteiger partial charge in [-0.2, -0.15) is 0 Å². The first-order chi connectivity index (χ1) is 7.39. The third-order valence-corrected chi connectivity index (χ3v) is 3.45. The van der Waals surface area contributed by atoms with E-state index in [-0.39, 0.29) is 5.54 Å². The summed E-state index contributed by atoms with van der Waals surface area (Å²) in [5, 5.41) is 9.28. The Hall–Kier alpha value is -1.23. The minimum atomic E-state index is -0.0107. The van der Waals surface area contributed by atoms with E-state index in [0.717, 1.165) is 21.4 Å². The lowest BCUT2D eigenvalue weighted by Gasteiger charge is -2.21. The minimum Gasteiger partial charge on any atom is -0.307 e. The number of rotatable bonds is 1. The highest BCUT2D eigenvalue weighted by Gasteiger charge is 2.21. The van der Waals surface area contributed by atoms with Gasteiger partial charge in [-0.1, -0.05) is 0 Å². The summed E-state index contributed by atoms with van der Waals surface area (Å²) in [5.74, 6) is 0.913. The summed E-state index contributed by atoms with van der Waals surface area (Å²) < 4.78 is 2.09. The van der Waals surface area contributed by atoms with Crippen molar-refractivity contribution in [2.75, 3.05) is 0 Å². The largest absolute Gasteiger partial charge is 0.307 e. The lowest BCUT2D eigenvalue weighted by Crippen LogP contribution is -2.21. The molecular weight excluding hydrogens is 220 g/mol. The van der Waals surface area contributed by atoms with E-state index in [0.29, 0.717) is 0 Å². The first-order valence-corrected chi connectivity index (χ1v) is 6.06. The molecular formula is C11H16N4S. The number of thiazole rings is 1. The zero-order valence-electron chi connectivity index (χ0n) is 10.3. The number of nitrogens with zero attached hydrogens (tertiary/aromatic N) is 4. The Morgan fingerprint density at radius 1 is 1.25 bits per heavy atom. The van der Waals surface area contributed by atoms with E-state index in [1.807, 2.05) is 13.8 Å². The Kier molecular flexibility index (Phi) is 2.58. The Labute approximate surface area is 99.4 Å². The van der Waals surface area contributed by atoms with E-state index >= 15 is 0 Å². The molecule has 86 valence electrons. The summed E-state index contributed by atoms with van der Waals surface area (Å²) in [6.45, 7) is 10.5. The summed E-state index contributed by atoms with van der Waals surface area (Å²) in [6.07, 6.45) is 1.78. The van der Waals surface area contributed by atoms with Gasteiger partial charge in [0.2, 0.25) is 0 Å². The van der Waals surface area contributed by atoms with Crippen LogP contribution in [0.1, 0.15) is 31.5 Å². The zero-order valence-corrected chi connectivity index (χ0v) is 11.1. The molecule has 0 unspecified atom stereocenters. The van der Waals surface area contributed by atoms with Gasteiger partial charge in [-0.15, -0.1) is 21.5 Å². The van der Waals surface area contributed by atoms with Crippen LogP contribution < -0.4 is 0 Å². The Morgan fingerprint density at radius 2 is 1.94 bits per heavy atom. The molecule has 2 rings (SSSR count). The number of aryl methyl sites for hydroxylation is 2. The molecule has 5 heteroatoms. The Morgan fingerprint density at radius 3 is 2.44 bits per heavy atom. The second-order valence-electron chi connectivity index (χ2n) is 4.84. The van der Waals surface area contributed by atoms with E-state index in [9.17, 15) is 0 Å². The third kappa shape index (κ3) is 1.87. The molecule has 0 aliphatic heterocycles. The van der Waals surface area contributed by atoms with Gasteiger partial charge in [0.15, 0.2) is 5.82 Å². The van der Waals surface area contributed by atoms with Crippen molar-refractivity contribution in [3.8, 4) is 10.7 Å². The lowest BCUT2D eigenvalue weighted by atomic mass is 10.1. The average molecular weight is 236 g/mol. The highest BCUT2D eigenvalue weighted by atomic mass is 32.1. The zero-order chi connectivity index (χ0) is 11.9. The first kappa shape index (κ1) is 11.3. The molecule has 2 aromatic heterocycles. The molecule has 0 saturated heterocycles. The van der Waals surface area contributed by atoms with Gasteiger partial charge in [-0.05, 0) is 34.6 Å². The molecule has 2 aromatic rings. The minimum absolute atomic E-state index is 0.0107. The van der Waals surface area contributed by atoms with Crippen LogP contribution in [0, 0.1) is 13.8 Å². The fourth-order valence-corrected chi connectivity index (χ4v) is 2.52. The molecule has 0 bridgehead atoms. The molecule has 0 N–H and O–H groups in total. The van der Waals surface area contributed by atoms with Crippen LogP contribution in [0.4, 0.5) is 0 Å². The highest BCUT2D eigenvalue weighted by Crippen LogP contribution is 2.30. The van der Waals surface area contributed by atoms with Crippen molar-refractivity contribution in [2.24, 2.45) is 0 Å². The van der Waals surface area contributed by atoms with E-state index in [1.54, 1.807) is 17.7 Å². The molecule has 0 amide bonds. The molecule has 0 aliphatic carbocycles. The molecule has 0 radical (unpaired) electrons. The molecule has 0 fully saturated rings. The maximum Gasteiger partial charge on any atom is 0.176 e. The van der Waals surface area contributed by atoms with Crippen molar-refractivity contribution in [3.63, 3.8) is 0 Å². The fourth-order valence-electron chi connectivity index (χ4n) is 1.62. The molecule has 16 heavy (non-hydrogen) atoms. The van der Waals surface area contributed by atoms with Crippen molar-refractivity contribution in [2.45, 2.75) is 40.2 Å². The maximum absolute atomic E-state index is 4.43. The van der Waals surface area contributed by atoms with E-state index < -0.39 is 0 Å². The average Bonchev–Trinajstić information content (AvgIpc) is 2.69. The van der Waals surface area contributed by atoms with Crippen LogP contribution in [-0.2, 0) is 5.54 Å². The molecule has 0 saturated carbocycles. The van der Waals surface area contributed by atoms with Gasteiger partial charge < -0.3 is 4.57 Å². The van der Waals surface area contributed by atoms with Crippen LogP contribution in [0.15, 0.2) is 6.33 Å². The van der Waals surface area contributed by atoms with Gasteiger partial charge in [0.05, 0.1) is 15.6 Å². The SMILES string of the molecule is Cc1nc(C)c(-c2nncn2C(C)(C)C)s1. The van der Waals surface area contributed by atoms with Crippen molar-refractivity contribution in [1.82, 2.24) is 19.7 Å². The van der Waals surface area contributed by atoms with Gasteiger partial charge >= 0.3 is 0 Å². The Bertz CT molecular complexity index is 504. The predicted molar refractivity (Wildman–Crippen MR) is 65.6 cm³/mol. The van der Waals surface area contributed by atoms with Crippen LogP contribution in [-0.4, -0.2) is 19.7 Å². The smallest absolute Gasteiger partial charge is 0.176 e. The van der Waals surface area contributed by atoms with Crippen LogP contribution in [0.2, 0.25) is 0 Å². The highest BCUT2D eigenvalue weighted by molar-refractivity contribution is 7.15. The predicted octanol–water partition coefficient (Wildman–Crippen LogP) is 2.77. The summed E-state index contributed by atoms with van der Waals surface area (Å²) in [7, 11) is 0. The summed E-state index contributed by atoms with van der Waals surface area (Å²) in [6, 6.07) is 0. The van der Waals surface area contributed by atoms with E-state index in [2.05, 4.69) is 40.5 Å². The van der Waals surface area contributed by atoms with Gasteiger partial charge in [-0.25, -0.2) is 4.98 Å². The topological polar surface area (TPSA) is 43.6 Å². The first-order valence-electron chi connectivity index (χ1n) is 5.24. The normalized spacial score (nSPS) is 12.1. The molecule has 4 nitrogen and oxygen atoms in total. The van der Waals surface area contributed by atoms with Crippen molar-refractivity contribution >= 4 is 11.3 Å². The molecule has 0 spiro atoms. The Balaban J connectivity index is 2.57. The van der Waals surface area contributed by atoms with Crippen LogP contribution in [0.25, 0.3) is 10.7 Å². The number of hydrogen-bond acceptors (Lipinski definition) is 4. The maximum atomic E-state index is 4.43. The van der Waals surface area contributed by atoms with Gasteiger partial charge in [0.1, 0.15) is 6.33 Å². The summed E-state index contributed by atoms with van der Waals surface area (Å²) in [4.78, 5) is 5.54. The number of hydrogen-bond donors (Lipinski definition) is 0. The second-order valence-corrected chi connectivity index (χ2v) is 6.05. The fraction of sp³-hybridized carbons (Fsp3) is 0.545. The molecule has 0 aromatic carbocycles. The lowest BCUT2D eigenvalue weighted by molar-refractivity contribution is 0.400. The monoisotopic (exact) mass is 236 g/mol. The third-order valence-electron chi connectivity index (χ3n) is 2.38. The summed E-state index contributed by atoms with van der Waals surface area (Å²) >= 11 is 1.67. The second kappa shape index (κ2) is 3.66. The quantitative estimate of drug-likeness (QED) is 0.764. The van der Waals surface area contributed by atoms with Crippen molar-refractivity contribution < 1.29 is 0 Å². The van der Waals surface area contributed by atoms with Crippen LogP contribution in [0.3, 0.4) is 0 Å². The van der Waals surface area contributed by atoms with Gasteiger partial charge in [0, 0.05) is 5.54 Å². The van der Waals surface area contributed by atoms with E-state index in [4.69, 9.17) is 0 Å². The molecule has 0 aliphatic rings. The van der Waals surface area contributed by atoms with Crippen molar-refractivity contribution in [1.29, 1.82) is 0 Å². The molecule has 2 heterocycles. The van der Waals surface area contributed by atoms with Crippen molar-refractivity contribution in [3.05, 3.63) is 17.0 Å². The number of aromatic nitrogens is 4. The van der Waals surface area contributed by atoms with Gasteiger partial charge in [0.25, 0.3) is 0 Å². The van der Waals surface area contributed by atoms with Gasteiger partial charge in [-0.3, -0.25) is 0 Å². The van der Waals surface area contributed by atoms with Crippen LogP contribution >= 0.6 is 11.3 Å². The van der Waals surface area contributed by atoms with Crippen LogP contribution in [0.5, 0.6) is 0 Å².